The molecule has 3 rings (SSSR count). The molecule has 136 valence electrons. The molecule has 2 saturated heterocycles. The number of ether oxygens (including phenoxy) is 2. The van der Waals surface area contributed by atoms with E-state index < -0.39 is 12.1 Å². The summed E-state index contributed by atoms with van der Waals surface area (Å²) in [7, 11) is 1.74. The molecule has 4 atom stereocenters. The molecule has 2 aliphatic heterocycles. The summed E-state index contributed by atoms with van der Waals surface area (Å²) in [5.74, 6) is -0.185. The fourth-order valence-corrected chi connectivity index (χ4v) is 3.75. The van der Waals surface area contributed by atoms with Gasteiger partial charge in [0.25, 0.3) is 5.91 Å². The van der Waals surface area contributed by atoms with Gasteiger partial charge in [0.1, 0.15) is 6.61 Å². The average Bonchev–Trinajstić information content (AvgIpc) is 2.56. The van der Waals surface area contributed by atoms with Crippen LogP contribution >= 0.6 is 0 Å². The van der Waals surface area contributed by atoms with Gasteiger partial charge in [0, 0.05) is 20.1 Å². The summed E-state index contributed by atoms with van der Waals surface area (Å²) >= 11 is 0. The second-order valence-electron chi connectivity index (χ2n) is 7.04. The Kier molecular flexibility index (Phi) is 5.11. The summed E-state index contributed by atoms with van der Waals surface area (Å²) in [6, 6.07) is 7.41. The molecule has 0 radical (unpaired) electrons. The van der Waals surface area contributed by atoms with Gasteiger partial charge in [-0.3, -0.25) is 9.59 Å². The van der Waals surface area contributed by atoms with Crippen LogP contribution in [-0.4, -0.2) is 66.7 Å². The first-order chi connectivity index (χ1) is 11.9. The second-order valence-corrected chi connectivity index (χ2v) is 7.04. The van der Waals surface area contributed by atoms with Crippen molar-refractivity contribution in [3.8, 4) is 0 Å². The van der Waals surface area contributed by atoms with Crippen molar-refractivity contribution >= 4 is 11.8 Å². The van der Waals surface area contributed by atoms with Gasteiger partial charge in [0.2, 0.25) is 5.91 Å². The van der Waals surface area contributed by atoms with E-state index in [1.807, 2.05) is 45.0 Å². The number of likely N-dealkylation sites (N-methyl/N-ethyl adjacent to an activating group) is 1. The van der Waals surface area contributed by atoms with Crippen LogP contribution in [0.15, 0.2) is 24.3 Å². The highest BCUT2D eigenvalue weighted by Gasteiger charge is 2.43. The van der Waals surface area contributed by atoms with Crippen LogP contribution in [0.25, 0.3) is 0 Å². The molecule has 2 aliphatic rings. The normalized spacial score (nSPS) is 30.5. The summed E-state index contributed by atoms with van der Waals surface area (Å²) in [6.45, 7) is 6.94. The molecule has 0 N–H and O–H groups in total. The molecule has 2 heterocycles. The first-order valence-electron chi connectivity index (χ1n) is 8.75. The Labute approximate surface area is 148 Å². The summed E-state index contributed by atoms with van der Waals surface area (Å²) < 4.78 is 11.5. The topological polar surface area (TPSA) is 59.1 Å². The molecule has 6 heteroatoms. The standard InChI is InChI=1S/C19H26N2O4/c1-12-7-5-6-8-15(12)17-18(24-11-16(22)20(17)4)19(23)21-9-13(2)25-14(3)10-21/h5-8,13-14,17-18H,9-11H2,1-4H3/t13-,14+,17-,18+/m1/s1. The zero-order chi connectivity index (χ0) is 18.1. The highest BCUT2D eigenvalue weighted by atomic mass is 16.5. The minimum atomic E-state index is -0.693. The van der Waals surface area contributed by atoms with Crippen LogP contribution in [0.4, 0.5) is 0 Å². The van der Waals surface area contributed by atoms with Crippen molar-refractivity contribution in [2.45, 2.75) is 45.1 Å². The van der Waals surface area contributed by atoms with Crippen LogP contribution in [-0.2, 0) is 19.1 Å². The van der Waals surface area contributed by atoms with E-state index in [0.717, 1.165) is 11.1 Å². The third kappa shape index (κ3) is 3.55. The van der Waals surface area contributed by atoms with Gasteiger partial charge in [-0.1, -0.05) is 24.3 Å². The number of carbonyl (C=O) groups is 2. The molecular formula is C19H26N2O4. The smallest absolute Gasteiger partial charge is 0.254 e. The van der Waals surface area contributed by atoms with Crippen LogP contribution < -0.4 is 0 Å². The predicted octanol–water partition coefficient (Wildman–Crippen LogP) is 1.53. The molecule has 2 fully saturated rings. The van der Waals surface area contributed by atoms with Crippen LogP contribution in [0, 0.1) is 6.92 Å². The molecule has 6 nitrogen and oxygen atoms in total. The first-order valence-corrected chi connectivity index (χ1v) is 8.75. The average molecular weight is 346 g/mol. The van der Waals surface area contributed by atoms with Crippen molar-refractivity contribution in [1.82, 2.24) is 9.80 Å². The first kappa shape index (κ1) is 17.9. The zero-order valence-electron chi connectivity index (χ0n) is 15.3. The maximum Gasteiger partial charge on any atom is 0.254 e. The van der Waals surface area contributed by atoms with Gasteiger partial charge in [-0.05, 0) is 31.9 Å². The Morgan fingerprint density at radius 1 is 1.16 bits per heavy atom. The van der Waals surface area contributed by atoms with Crippen LogP contribution in [0.2, 0.25) is 0 Å². The van der Waals surface area contributed by atoms with Gasteiger partial charge in [-0.2, -0.15) is 0 Å². The van der Waals surface area contributed by atoms with E-state index in [-0.39, 0.29) is 30.6 Å². The van der Waals surface area contributed by atoms with Crippen LogP contribution in [0.1, 0.15) is 31.0 Å². The van der Waals surface area contributed by atoms with Gasteiger partial charge < -0.3 is 19.3 Å². The quantitative estimate of drug-likeness (QED) is 0.815. The number of nitrogens with zero attached hydrogens (tertiary/aromatic N) is 2. The van der Waals surface area contributed by atoms with Crippen molar-refractivity contribution in [1.29, 1.82) is 0 Å². The zero-order valence-corrected chi connectivity index (χ0v) is 15.3. The lowest BCUT2D eigenvalue weighted by molar-refractivity contribution is -0.173. The fourth-order valence-electron chi connectivity index (χ4n) is 3.75. The largest absolute Gasteiger partial charge is 0.372 e. The highest BCUT2D eigenvalue weighted by Crippen LogP contribution is 2.32. The predicted molar refractivity (Wildman–Crippen MR) is 93.0 cm³/mol. The van der Waals surface area contributed by atoms with Crippen molar-refractivity contribution in [2.75, 3.05) is 26.7 Å². The van der Waals surface area contributed by atoms with E-state index in [9.17, 15) is 9.59 Å². The maximum atomic E-state index is 13.2. The van der Waals surface area contributed by atoms with E-state index >= 15 is 0 Å². The van der Waals surface area contributed by atoms with Gasteiger partial charge in [-0.15, -0.1) is 0 Å². The molecule has 0 bridgehead atoms. The summed E-state index contributed by atoms with van der Waals surface area (Å²) in [6.07, 6.45) is -0.707. The summed E-state index contributed by atoms with van der Waals surface area (Å²) in [5, 5.41) is 0. The van der Waals surface area contributed by atoms with E-state index in [0.29, 0.717) is 13.1 Å². The van der Waals surface area contributed by atoms with Crippen molar-refractivity contribution in [3.05, 3.63) is 35.4 Å². The molecule has 0 saturated carbocycles. The lowest BCUT2D eigenvalue weighted by atomic mass is 9.93. The van der Waals surface area contributed by atoms with Gasteiger partial charge >= 0.3 is 0 Å². The Balaban J connectivity index is 1.91. The van der Waals surface area contributed by atoms with Gasteiger partial charge in [-0.25, -0.2) is 0 Å². The Hall–Kier alpha value is -1.92. The van der Waals surface area contributed by atoms with E-state index in [1.54, 1.807) is 16.8 Å². The van der Waals surface area contributed by atoms with Crippen LogP contribution in [0.5, 0.6) is 0 Å². The van der Waals surface area contributed by atoms with Gasteiger partial charge in [0.15, 0.2) is 6.10 Å². The number of carbonyl (C=O) groups excluding carboxylic acids is 2. The fraction of sp³-hybridized carbons (Fsp3) is 0.579. The number of amides is 2. The third-order valence-electron chi connectivity index (χ3n) is 4.97. The number of hydrogen-bond acceptors (Lipinski definition) is 4. The monoisotopic (exact) mass is 346 g/mol. The lowest BCUT2D eigenvalue weighted by Crippen LogP contribution is -2.57. The van der Waals surface area contributed by atoms with Crippen molar-refractivity contribution < 1.29 is 19.1 Å². The molecular weight excluding hydrogens is 320 g/mol. The SMILES string of the molecule is Cc1ccccc1[C@@H]1[C@@H](C(=O)N2C[C@@H](C)O[C@@H](C)C2)OCC(=O)N1C. The molecule has 1 aromatic carbocycles. The number of benzene rings is 1. The number of rotatable bonds is 2. The van der Waals surface area contributed by atoms with Crippen molar-refractivity contribution in [2.24, 2.45) is 0 Å². The Bertz CT molecular complexity index is 653. The number of hydrogen-bond donors (Lipinski definition) is 0. The molecule has 0 aliphatic carbocycles. The van der Waals surface area contributed by atoms with Gasteiger partial charge in [0.05, 0.1) is 18.2 Å². The summed E-state index contributed by atoms with van der Waals surface area (Å²) in [5.41, 5.74) is 1.99. The van der Waals surface area contributed by atoms with Crippen LogP contribution in [0.3, 0.4) is 0 Å². The second kappa shape index (κ2) is 7.14. The third-order valence-corrected chi connectivity index (χ3v) is 4.97. The molecule has 2 amide bonds. The van der Waals surface area contributed by atoms with Crippen molar-refractivity contribution in [3.63, 3.8) is 0 Å². The molecule has 0 unspecified atom stereocenters. The minimum absolute atomic E-state index is 0.00689. The summed E-state index contributed by atoms with van der Waals surface area (Å²) in [4.78, 5) is 28.8. The molecule has 25 heavy (non-hydrogen) atoms. The Morgan fingerprint density at radius 2 is 1.80 bits per heavy atom. The van der Waals surface area contributed by atoms with E-state index in [4.69, 9.17) is 9.47 Å². The number of aryl methyl sites for hydroxylation is 1. The molecule has 1 aromatic rings. The minimum Gasteiger partial charge on any atom is -0.372 e. The highest BCUT2D eigenvalue weighted by molar-refractivity contribution is 5.86. The maximum absolute atomic E-state index is 13.2. The number of morpholine rings is 2. The Morgan fingerprint density at radius 3 is 2.44 bits per heavy atom. The molecule has 0 aromatic heterocycles. The van der Waals surface area contributed by atoms with E-state index in [2.05, 4.69) is 0 Å². The van der Waals surface area contributed by atoms with E-state index in [1.165, 1.54) is 0 Å². The lowest BCUT2D eigenvalue weighted by Gasteiger charge is -2.43. The molecule has 0 spiro atoms.